The summed E-state index contributed by atoms with van der Waals surface area (Å²) in [4.78, 5) is 12.0. The maximum absolute atomic E-state index is 12.0. The second-order valence-electron chi connectivity index (χ2n) is 3.80. The first-order valence-corrected chi connectivity index (χ1v) is 6.68. The summed E-state index contributed by atoms with van der Waals surface area (Å²) in [6, 6.07) is 1.63. The van der Waals surface area contributed by atoms with Gasteiger partial charge >= 0.3 is 0 Å². The van der Waals surface area contributed by atoms with Crippen LogP contribution in [0, 0.1) is 0 Å². The van der Waals surface area contributed by atoms with Crippen LogP contribution in [0.15, 0.2) is 6.07 Å². The van der Waals surface area contributed by atoms with Gasteiger partial charge in [-0.1, -0.05) is 15.9 Å². The second kappa shape index (κ2) is 7.38. The van der Waals surface area contributed by atoms with Crippen LogP contribution in [0.25, 0.3) is 0 Å². The van der Waals surface area contributed by atoms with Gasteiger partial charge in [0.25, 0.3) is 5.91 Å². The zero-order chi connectivity index (χ0) is 13.5. The molecule has 1 amide bonds. The number of aryl methyl sites for hydroxylation is 1. The second-order valence-corrected chi connectivity index (χ2v) is 4.45. The summed E-state index contributed by atoms with van der Waals surface area (Å²) in [7, 11) is 4.90. The van der Waals surface area contributed by atoms with E-state index in [1.807, 2.05) is 0 Å². The van der Waals surface area contributed by atoms with Gasteiger partial charge in [-0.25, -0.2) is 4.68 Å². The van der Waals surface area contributed by atoms with Crippen molar-refractivity contribution in [3.8, 4) is 5.88 Å². The molecule has 0 saturated heterocycles. The Bertz CT molecular complexity index is 395. The average molecular weight is 320 g/mol. The molecule has 1 aromatic heterocycles. The fourth-order valence-electron chi connectivity index (χ4n) is 1.46. The molecule has 0 fully saturated rings. The number of aromatic nitrogens is 2. The number of amides is 1. The van der Waals surface area contributed by atoms with Gasteiger partial charge in [-0.05, 0) is 6.42 Å². The van der Waals surface area contributed by atoms with E-state index in [-0.39, 0.29) is 11.9 Å². The Morgan fingerprint density at radius 3 is 2.83 bits per heavy atom. The minimum Gasteiger partial charge on any atom is -0.481 e. The summed E-state index contributed by atoms with van der Waals surface area (Å²) in [5.74, 6) is 0.335. The number of rotatable bonds is 7. The Morgan fingerprint density at radius 2 is 2.33 bits per heavy atom. The van der Waals surface area contributed by atoms with Crippen LogP contribution in [0.1, 0.15) is 16.9 Å². The standard InChI is InChI=1S/C11H18BrN3O3/c1-15-10(18-3)6-9(14-15)11(16)13-8(7-12)4-5-17-2/h6,8H,4-5,7H2,1-3H3,(H,13,16). The number of hydrogen-bond acceptors (Lipinski definition) is 4. The number of carbonyl (C=O) groups is 1. The zero-order valence-electron chi connectivity index (χ0n) is 10.8. The lowest BCUT2D eigenvalue weighted by molar-refractivity contribution is 0.0925. The number of carbonyl (C=O) groups excluding carboxylic acids is 1. The summed E-state index contributed by atoms with van der Waals surface area (Å²) in [5.41, 5.74) is 0.345. The van der Waals surface area contributed by atoms with Gasteiger partial charge in [0.2, 0.25) is 5.88 Å². The van der Waals surface area contributed by atoms with Gasteiger partial charge in [-0.3, -0.25) is 4.79 Å². The quantitative estimate of drug-likeness (QED) is 0.760. The molecule has 1 atom stereocenters. The van der Waals surface area contributed by atoms with Gasteiger partial charge < -0.3 is 14.8 Å². The van der Waals surface area contributed by atoms with Gasteiger partial charge in [0.05, 0.1) is 7.11 Å². The van der Waals surface area contributed by atoms with Crippen molar-refractivity contribution in [2.75, 3.05) is 26.2 Å². The first-order chi connectivity index (χ1) is 8.62. The zero-order valence-corrected chi connectivity index (χ0v) is 12.4. The van der Waals surface area contributed by atoms with E-state index in [4.69, 9.17) is 9.47 Å². The van der Waals surface area contributed by atoms with Crippen LogP contribution in [-0.4, -0.2) is 47.9 Å². The summed E-state index contributed by atoms with van der Waals surface area (Å²) in [6.45, 7) is 0.599. The maximum Gasteiger partial charge on any atom is 0.272 e. The predicted octanol–water partition coefficient (Wildman–Crippen LogP) is 0.958. The van der Waals surface area contributed by atoms with Crippen molar-refractivity contribution in [1.29, 1.82) is 0 Å². The molecule has 1 rings (SSSR count). The summed E-state index contributed by atoms with van der Waals surface area (Å²) >= 11 is 3.36. The van der Waals surface area contributed by atoms with E-state index in [0.29, 0.717) is 23.5 Å². The van der Waals surface area contributed by atoms with Crippen LogP contribution in [0.3, 0.4) is 0 Å². The van der Waals surface area contributed by atoms with Crippen LogP contribution >= 0.6 is 15.9 Å². The average Bonchev–Trinajstić information content (AvgIpc) is 2.75. The molecule has 1 aromatic rings. The smallest absolute Gasteiger partial charge is 0.272 e. The highest BCUT2D eigenvalue weighted by atomic mass is 79.9. The van der Waals surface area contributed by atoms with Crippen molar-refractivity contribution < 1.29 is 14.3 Å². The highest BCUT2D eigenvalue weighted by molar-refractivity contribution is 9.09. The third kappa shape index (κ3) is 3.99. The van der Waals surface area contributed by atoms with Crippen LogP contribution in [0.4, 0.5) is 0 Å². The van der Waals surface area contributed by atoms with Crippen LogP contribution in [0.5, 0.6) is 5.88 Å². The Morgan fingerprint density at radius 1 is 1.61 bits per heavy atom. The summed E-state index contributed by atoms with van der Waals surface area (Å²) in [5, 5.41) is 7.64. The molecule has 18 heavy (non-hydrogen) atoms. The highest BCUT2D eigenvalue weighted by Gasteiger charge is 2.16. The molecule has 7 heteroatoms. The largest absolute Gasteiger partial charge is 0.481 e. The van der Waals surface area contributed by atoms with Crippen LogP contribution < -0.4 is 10.1 Å². The van der Waals surface area contributed by atoms with E-state index in [9.17, 15) is 4.79 Å². The van der Waals surface area contributed by atoms with Crippen molar-refractivity contribution in [1.82, 2.24) is 15.1 Å². The molecule has 0 aliphatic carbocycles. The molecule has 0 aliphatic heterocycles. The van der Waals surface area contributed by atoms with Gasteiger partial charge in [0.1, 0.15) is 0 Å². The molecule has 1 heterocycles. The Hall–Kier alpha value is -1.08. The van der Waals surface area contributed by atoms with E-state index in [1.165, 1.54) is 4.68 Å². The van der Waals surface area contributed by atoms with E-state index >= 15 is 0 Å². The van der Waals surface area contributed by atoms with E-state index < -0.39 is 0 Å². The summed E-state index contributed by atoms with van der Waals surface area (Å²) in [6.07, 6.45) is 0.747. The SMILES string of the molecule is COCCC(CBr)NC(=O)c1cc(OC)n(C)n1. The number of nitrogens with one attached hydrogen (secondary N) is 1. The van der Waals surface area contributed by atoms with Gasteiger partial charge in [0.15, 0.2) is 5.69 Å². The lowest BCUT2D eigenvalue weighted by Gasteiger charge is -2.14. The summed E-state index contributed by atoms with van der Waals surface area (Å²) < 4.78 is 11.6. The lowest BCUT2D eigenvalue weighted by Crippen LogP contribution is -2.37. The van der Waals surface area contributed by atoms with Gasteiger partial charge in [-0.2, -0.15) is 5.10 Å². The molecule has 1 N–H and O–H groups in total. The van der Waals surface area contributed by atoms with Crippen LogP contribution in [-0.2, 0) is 11.8 Å². The Labute approximate surface area is 115 Å². The molecule has 0 saturated carbocycles. The topological polar surface area (TPSA) is 65.4 Å². The van der Waals surface area contributed by atoms with Crippen molar-refractivity contribution in [2.24, 2.45) is 7.05 Å². The van der Waals surface area contributed by atoms with Crippen molar-refractivity contribution in [3.63, 3.8) is 0 Å². The minimum absolute atomic E-state index is 0.0189. The Balaban J connectivity index is 2.62. The molecule has 102 valence electrons. The fraction of sp³-hybridized carbons (Fsp3) is 0.636. The molecule has 0 aliphatic rings. The predicted molar refractivity (Wildman–Crippen MR) is 71.3 cm³/mol. The molecule has 0 bridgehead atoms. The number of nitrogens with zero attached hydrogens (tertiary/aromatic N) is 2. The first kappa shape index (κ1) is 15.0. The molecule has 0 radical (unpaired) electrons. The number of hydrogen-bond donors (Lipinski definition) is 1. The van der Waals surface area contributed by atoms with Crippen molar-refractivity contribution in [3.05, 3.63) is 11.8 Å². The molecule has 0 aromatic carbocycles. The minimum atomic E-state index is -0.213. The third-order valence-electron chi connectivity index (χ3n) is 2.47. The maximum atomic E-state index is 12.0. The molecule has 1 unspecified atom stereocenters. The van der Waals surface area contributed by atoms with Crippen LogP contribution in [0.2, 0.25) is 0 Å². The normalized spacial score (nSPS) is 12.2. The van der Waals surface area contributed by atoms with E-state index in [0.717, 1.165) is 6.42 Å². The van der Waals surface area contributed by atoms with Gasteiger partial charge in [0, 0.05) is 38.2 Å². The number of ether oxygens (including phenoxy) is 2. The lowest BCUT2D eigenvalue weighted by atomic mass is 10.2. The molecule has 0 spiro atoms. The number of alkyl halides is 1. The van der Waals surface area contributed by atoms with Crippen molar-refractivity contribution in [2.45, 2.75) is 12.5 Å². The monoisotopic (exact) mass is 319 g/mol. The van der Waals surface area contributed by atoms with Crippen molar-refractivity contribution >= 4 is 21.8 Å². The fourth-order valence-corrected chi connectivity index (χ4v) is 1.95. The number of methoxy groups -OCH3 is 2. The molecular formula is C11H18BrN3O3. The van der Waals surface area contributed by atoms with E-state index in [1.54, 1.807) is 27.3 Å². The first-order valence-electron chi connectivity index (χ1n) is 5.56. The molecular weight excluding hydrogens is 302 g/mol. The number of halogens is 1. The molecule has 6 nitrogen and oxygen atoms in total. The highest BCUT2D eigenvalue weighted by Crippen LogP contribution is 2.11. The Kier molecular flexibility index (Phi) is 6.14. The van der Waals surface area contributed by atoms with E-state index in [2.05, 4.69) is 26.3 Å². The van der Waals surface area contributed by atoms with Gasteiger partial charge in [-0.15, -0.1) is 0 Å². The third-order valence-corrected chi connectivity index (χ3v) is 3.25.